The van der Waals surface area contributed by atoms with Crippen molar-refractivity contribution in [1.29, 1.82) is 0 Å². The van der Waals surface area contributed by atoms with Gasteiger partial charge in [0.25, 0.3) is 0 Å². The van der Waals surface area contributed by atoms with Crippen LogP contribution in [-0.2, 0) is 19.1 Å². The molecule has 0 unspecified atom stereocenters. The number of hydrogen-bond donors (Lipinski definition) is 2. The van der Waals surface area contributed by atoms with Crippen molar-refractivity contribution < 1.29 is 19.1 Å². The van der Waals surface area contributed by atoms with E-state index in [-0.39, 0.29) is 23.5 Å². The topological polar surface area (TPSA) is 98.5 Å². The molecule has 0 radical (unpaired) electrons. The highest BCUT2D eigenvalue weighted by Crippen LogP contribution is 2.34. The quantitative estimate of drug-likeness (QED) is 0.688. The molecule has 1 rings (SSSR count). The smallest absolute Gasteiger partial charge is 0.328 e. The first-order valence-corrected chi connectivity index (χ1v) is 7.95. The van der Waals surface area contributed by atoms with Crippen LogP contribution in [-0.4, -0.2) is 36.4 Å². The fourth-order valence-corrected chi connectivity index (χ4v) is 3.07. The predicted molar refractivity (Wildman–Crippen MR) is 83.0 cm³/mol. The van der Waals surface area contributed by atoms with E-state index in [9.17, 15) is 14.4 Å². The zero-order chi connectivity index (χ0) is 16.9. The molecule has 6 heteroatoms. The lowest BCUT2D eigenvalue weighted by atomic mass is 9.78. The maximum atomic E-state index is 12.7. The molecular weight excluding hydrogens is 284 g/mol. The van der Waals surface area contributed by atoms with Crippen molar-refractivity contribution in [3.05, 3.63) is 0 Å². The molecule has 0 spiro atoms. The predicted octanol–water partition coefficient (Wildman–Crippen LogP) is 1.17. The van der Waals surface area contributed by atoms with Gasteiger partial charge < -0.3 is 15.8 Å². The fourth-order valence-electron chi connectivity index (χ4n) is 3.07. The Bertz CT molecular complexity index is 436. The molecule has 0 aromatic heterocycles. The van der Waals surface area contributed by atoms with Crippen LogP contribution >= 0.6 is 0 Å². The van der Waals surface area contributed by atoms with Crippen LogP contribution in [0.3, 0.4) is 0 Å². The Labute approximate surface area is 132 Å². The number of ketones is 1. The van der Waals surface area contributed by atoms with Gasteiger partial charge >= 0.3 is 5.97 Å². The van der Waals surface area contributed by atoms with Gasteiger partial charge in [0, 0.05) is 12.8 Å². The Hall–Kier alpha value is -1.43. The Morgan fingerprint density at radius 2 is 2.09 bits per heavy atom. The summed E-state index contributed by atoms with van der Waals surface area (Å²) in [6, 6.07) is -0.727. The third-order valence-electron chi connectivity index (χ3n) is 4.47. The number of rotatable bonds is 7. The van der Waals surface area contributed by atoms with Crippen molar-refractivity contribution in [2.24, 2.45) is 17.6 Å². The number of hydrogen-bond acceptors (Lipinski definition) is 5. The number of esters is 1. The Morgan fingerprint density at radius 1 is 1.45 bits per heavy atom. The van der Waals surface area contributed by atoms with E-state index in [4.69, 9.17) is 10.5 Å². The minimum atomic E-state index is -1.11. The number of methoxy groups -OCH3 is 1. The maximum Gasteiger partial charge on any atom is 0.328 e. The third kappa shape index (κ3) is 4.06. The summed E-state index contributed by atoms with van der Waals surface area (Å²) in [5, 5.41) is 2.73. The second-order valence-electron chi connectivity index (χ2n) is 6.49. The van der Waals surface area contributed by atoms with Crippen LogP contribution in [0.4, 0.5) is 0 Å². The molecular formula is C16H28N2O4. The average Bonchev–Trinajstić information content (AvgIpc) is 2.90. The van der Waals surface area contributed by atoms with E-state index in [0.717, 1.165) is 6.42 Å². The summed E-state index contributed by atoms with van der Waals surface area (Å²) >= 11 is 0. The molecule has 1 aliphatic rings. The molecule has 126 valence electrons. The van der Waals surface area contributed by atoms with E-state index >= 15 is 0 Å². The van der Waals surface area contributed by atoms with Crippen molar-refractivity contribution in [2.75, 3.05) is 7.11 Å². The van der Waals surface area contributed by atoms with Crippen LogP contribution in [0.1, 0.15) is 52.9 Å². The molecule has 3 N–H and O–H groups in total. The normalized spacial score (nSPS) is 22.3. The van der Waals surface area contributed by atoms with Gasteiger partial charge in [-0.3, -0.25) is 9.59 Å². The van der Waals surface area contributed by atoms with E-state index in [0.29, 0.717) is 25.7 Å². The monoisotopic (exact) mass is 312 g/mol. The number of carbonyl (C=O) groups excluding carboxylic acids is 3. The van der Waals surface area contributed by atoms with E-state index in [1.807, 2.05) is 20.8 Å². The van der Waals surface area contributed by atoms with Gasteiger partial charge in [0.2, 0.25) is 5.91 Å². The first-order chi connectivity index (χ1) is 10.3. The molecule has 1 aliphatic carbocycles. The van der Waals surface area contributed by atoms with E-state index in [1.165, 1.54) is 7.11 Å². The molecule has 0 aliphatic heterocycles. The summed E-state index contributed by atoms with van der Waals surface area (Å²) in [6.07, 6.45) is 2.68. The van der Waals surface area contributed by atoms with E-state index < -0.39 is 17.6 Å². The van der Waals surface area contributed by atoms with Gasteiger partial charge in [0.1, 0.15) is 11.8 Å². The lowest BCUT2D eigenvalue weighted by Crippen LogP contribution is -2.61. The van der Waals surface area contributed by atoms with Crippen molar-refractivity contribution in [1.82, 2.24) is 5.32 Å². The molecule has 6 nitrogen and oxygen atoms in total. The first-order valence-electron chi connectivity index (χ1n) is 7.95. The first kappa shape index (κ1) is 18.6. The maximum absolute atomic E-state index is 12.7. The Morgan fingerprint density at radius 3 is 2.50 bits per heavy atom. The minimum Gasteiger partial charge on any atom is -0.467 e. The van der Waals surface area contributed by atoms with Gasteiger partial charge in [-0.2, -0.15) is 0 Å². The summed E-state index contributed by atoms with van der Waals surface area (Å²) in [5.41, 5.74) is 5.28. The lowest BCUT2D eigenvalue weighted by molar-refractivity contribution is -0.147. The molecule has 0 saturated heterocycles. The van der Waals surface area contributed by atoms with E-state index in [2.05, 4.69) is 5.32 Å². The van der Waals surface area contributed by atoms with Gasteiger partial charge in [0.05, 0.1) is 12.6 Å². The molecule has 3 atom stereocenters. The minimum absolute atomic E-state index is 0.104. The molecule has 1 saturated carbocycles. The Kier molecular flexibility index (Phi) is 6.53. The van der Waals surface area contributed by atoms with E-state index in [1.54, 1.807) is 0 Å². The van der Waals surface area contributed by atoms with Gasteiger partial charge in [-0.25, -0.2) is 4.79 Å². The average molecular weight is 312 g/mol. The van der Waals surface area contributed by atoms with Crippen molar-refractivity contribution in [3.63, 3.8) is 0 Å². The summed E-state index contributed by atoms with van der Waals surface area (Å²) < 4.78 is 4.74. The zero-order valence-electron chi connectivity index (χ0n) is 14.0. The van der Waals surface area contributed by atoms with Gasteiger partial charge in [0.15, 0.2) is 0 Å². The van der Waals surface area contributed by atoms with Gasteiger partial charge in [-0.05, 0) is 24.7 Å². The van der Waals surface area contributed by atoms with Crippen molar-refractivity contribution in [2.45, 2.75) is 64.5 Å². The number of amides is 1. The molecule has 1 fully saturated rings. The molecule has 1 amide bonds. The molecule has 0 bridgehead atoms. The van der Waals surface area contributed by atoms with Gasteiger partial charge in [-0.15, -0.1) is 0 Å². The zero-order valence-corrected chi connectivity index (χ0v) is 14.0. The summed E-state index contributed by atoms with van der Waals surface area (Å²) in [5.74, 6) is -0.960. The number of Topliss-reactive ketones (excluding diaryl/α,β-unsaturated/α-hetero) is 1. The van der Waals surface area contributed by atoms with Crippen LogP contribution < -0.4 is 11.1 Å². The van der Waals surface area contributed by atoms with Crippen LogP contribution in [0.15, 0.2) is 0 Å². The fraction of sp³-hybridized carbons (Fsp3) is 0.812. The van der Waals surface area contributed by atoms with Crippen LogP contribution in [0.5, 0.6) is 0 Å². The second kappa shape index (κ2) is 7.72. The van der Waals surface area contributed by atoms with Crippen molar-refractivity contribution >= 4 is 17.7 Å². The largest absolute Gasteiger partial charge is 0.467 e. The molecule has 0 heterocycles. The third-order valence-corrected chi connectivity index (χ3v) is 4.47. The number of nitrogens with one attached hydrogen (secondary N) is 1. The summed E-state index contributed by atoms with van der Waals surface area (Å²) in [4.78, 5) is 36.1. The van der Waals surface area contributed by atoms with Crippen LogP contribution in [0, 0.1) is 11.8 Å². The number of nitrogens with two attached hydrogens (primary N) is 1. The second-order valence-corrected chi connectivity index (χ2v) is 6.49. The summed E-state index contributed by atoms with van der Waals surface area (Å²) in [7, 11) is 1.29. The summed E-state index contributed by atoms with van der Waals surface area (Å²) in [6.45, 7) is 5.61. The Balaban J connectivity index is 2.92. The number of ether oxygens (including phenoxy) is 1. The van der Waals surface area contributed by atoms with Crippen LogP contribution in [0.2, 0.25) is 0 Å². The highest BCUT2D eigenvalue weighted by atomic mass is 16.5. The highest BCUT2D eigenvalue weighted by molar-refractivity contribution is 5.92. The lowest BCUT2D eigenvalue weighted by Gasteiger charge is -2.35. The van der Waals surface area contributed by atoms with Crippen molar-refractivity contribution in [3.8, 4) is 0 Å². The SMILES string of the molecule is CCC[C@](N)(C(=O)N[C@@H](C(=O)OC)C(C)C)[C@H]1CCC(=O)C1. The molecule has 22 heavy (non-hydrogen) atoms. The highest BCUT2D eigenvalue weighted by Gasteiger charge is 2.45. The standard InChI is InChI=1S/C16H28N2O4/c1-5-8-16(17,11-6-7-12(19)9-11)15(21)18-13(10(2)3)14(20)22-4/h10-11,13H,5-9,17H2,1-4H3,(H,18,21)/t11-,13+,16+/m0/s1. The molecule has 0 aromatic carbocycles. The number of carbonyl (C=O) groups is 3. The molecule has 0 aromatic rings. The van der Waals surface area contributed by atoms with Crippen LogP contribution in [0.25, 0.3) is 0 Å². The van der Waals surface area contributed by atoms with Gasteiger partial charge in [-0.1, -0.05) is 27.2 Å².